The number of hydrogen-bond acceptors (Lipinski definition) is 2. The minimum absolute atomic E-state index is 0.0218. The molecule has 1 rings (SSSR count). The molecular weight excluding hydrogens is 207 g/mol. The molecular formula is C12H17FN2O. The zero-order valence-corrected chi connectivity index (χ0v) is 9.75. The molecule has 0 heterocycles. The highest BCUT2D eigenvalue weighted by molar-refractivity contribution is 5.94. The van der Waals surface area contributed by atoms with Crippen molar-refractivity contribution in [1.29, 1.82) is 0 Å². The Labute approximate surface area is 94.8 Å². The van der Waals surface area contributed by atoms with Crippen molar-refractivity contribution >= 4 is 11.6 Å². The van der Waals surface area contributed by atoms with Gasteiger partial charge in [0.05, 0.1) is 11.7 Å². The number of nitrogens with two attached hydrogens (primary N) is 1. The highest BCUT2D eigenvalue weighted by Gasteiger charge is 2.18. The molecule has 0 saturated carbocycles. The van der Waals surface area contributed by atoms with E-state index in [1.165, 1.54) is 12.1 Å². The Morgan fingerprint density at radius 1 is 1.44 bits per heavy atom. The smallest absolute Gasteiger partial charge is 0.241 e. The summed E-state index contributed by atoms with van der Waals surface area (Å²) in [7, 11) is 0. The molecule has 4 heteroatoms. The van der Waals surface area contributed by atoms with Gasteiger partial charge in [0.25, 0.3) is 0 Å². The Kier molecular flexibility index (Phi) is 4.01. The van der Waals surface area contributed by atoms with Crippen LogP contribution in [0.3, 0.4) is 0 Å². The first-order valence-corrected chi connectivity index (χ1v) is 5.24. The molecule has 0 radical (unpaired) electrons. The molecule has 0 aliphatic rings. The molecule has 0 aromatic heterocycles. The third kappa shape index (κ3) is 3.03. The van der Waals surface area contributed by atoms with Gasteiger partial charge in [-0.05, 0) is 30.5 Å². The minimum atomic E-state index is -0.624. The van der Waals surface area contributed by atoms with Gasteiger partial charge in [0.2, 0.25) is 5.91 Å². The molecule has 3 nitrogen and oxygen atoms in total. The second kappa shape index (κ2) is 5.07. The normalized spacial score (nSPS) is 12.6. The number of anilines is 1. The second-order valence-corrected chi connectivity index (χ2v) is 4.24. The van der Waals surface area contributed by atoms with Crippen LogP contribution in [-0.2, 0) is 4.79 Å². The number of carbonyl (C=O) groups is 1. The molecule has 0 bridgehead atoms. The fourth-order valence-corrected chi connectivity index (χ4v) is 1.24. The standard InChI is InChI=1S/C12H17FN2O/c1-7(2)11(14)12(16)15-10-5-4-8(3)6-9(10)13/h4-7,11H,14H2,1-3H3,(H,15,16)/t11-/m1/s1. The number of nitrogens with one attached hydrogen (secondary N) is 1. The summed E-state index contributed by atoms with van der Waals surface area (Å²) in [6.45, 7) is 5.47. The van der Waals surface area contributed by atoms with Crippen LogP contribution in [0.15, 0.2) is 18.2 Å². The summed E-state index contributed by atoms with van der Waals surface area (Å²) in [5.74, 6) is -0.782. The van der Waals surface area contributed by atoms with Crippen LogP contribution in [0.1, 0.15) is 19.4 Å². The Balaban J connectivity index is 2.77. The molecule has 0 spiro atoms. The Morgan fingerprint density at radius 3 is 2.56 bits per heavy atom. The molecule has 16 heavy (non-hydrogen) atoms. The first-order valence-electron chi connectivity index (χ1n) is 5.24. The van der Waals surface area contributed by atoms with E-state index in [1.54, 1.807) is 13.0 Å². The maximum Gasteiger partial charge on any atom is 0.241 e. The fourth-order valence-electron chi connectivity index (χ4n) is 1.24. The van der Waals surface area contributed by atoms with Crippen LogP contribution >= 0.6 is 0 Å². The highest BCUT2D eigenvalue weighted by atomic mass is 19.1. The molecule has 1 amide bonds. The summed E-state index contributed by atoms with van der Waals surface area (Å²) in [6, 6.07) is 4.02. The zero-order chi connectivity index (χ0) is 12.3. The van der Waals surface area contributed by atoms with Crippen LogP contribution in [0.25, 0.3) is 0 Å². The molecule has 0 saturated heterocycles. The maximum atomic E-state index is 13.4. The van der Waals surface area contributed by atoms with Crippen molar-refractivity contribution in [2.45, 2.75) is 26.8 Å². The van der Waals surface area contributed by atoms with E-state index in [2.05, 4.69) is 5.32 Å². The van der Waals surface area contributed by atoms with Crippen molar-refractivity contribution in [2.75, 3.05) is 5.32 Å². The Hall–Kier alpha value is -1.42. The number of hydrogen-bond donors (Lipinski definition) is 2. The van der Waals surface area contributed by atoms with E-state index < -0.39 is 11.9 Å². The molecule has 1 atom stereocenters. The van der Waals surface area contributed by atoms with Crippen LogP contribution in [0, 0.1) is 18.7 Å². The second-order valence-electron chi connectivity index (χ2n) is 4.24. The number of rotatable bonds is 3. The van der Waals surface area contributed by atoms with Gasteiger partial charge in [0, 0.05) is 0 Å². The lowest BCUT2D eigenvalue weighted by Gasteiger charge is -2.15. The molecule has 3 N–H and O–H groups in total. The van der Waals surface area contributed by atoms with E-state index in [4.69, 9.17) is 5.73 Å². The largest absolute Gasteiger partial charge is 0.322 e. The minimum Gasteiger partial charge on any atom is -0.322 e. The number of aryl methyl sites for hydroxylation is 1. The molecule has 1 aromatic carbocycles. The van der Waals surface area contributed by atoms with Crippen molar-refractivity contribution in [3.05, 3.63) is 29.6 Å². The molecule has 1 aromatic rings. The lowest BCUT2D eigenvalue weighted by atomic mass is 10.0. The average Bonchev–Trinajstić information content (AvgIpc) is 2.20. The van der Waals surface area contributed by atoms with Crippen LogP contribution in [0.2, 0.25) is 0 Å². The van der Waals surface area contributed by atoms with Crippen LogP contribution in [0.4, 0.5) is 10.1 Å². The van der Waals surface area contributed by atoms with Gasteiger partial charge in [-0.3, -0.25) is 4.79 Å². The van der Waals surface area contributed by atoms with Crippen molar-refractivity contribution in [3.8, 4) is 0 Å². The Morgan fingerprint density at radius 2 is 2.06 bits per heavy atom. The Bertz CT molecular complexity index is 391. The monoisotopic (exact) mass is 224 g/mol. The number of halogens is 1. The maximum absolute atomic E-state index is 13.4. The van der Waals surface area contributed by atoms with Crippen molar-refractivity contribution in [2.24, 2.45) is 11.7 Å². The van der Waals surface area contributed by atoms with Gasteiger partial charge in [0.1, 0.15) is 5.82 Å². The molecule has 0 fully saturated rings. The molecule has 0 aliphatic carbocycles. The number of carbonyl (C=O) groups excluding carboxylic acids is 1. The SMILES string of the molecule is Cc1ccc(NC(=O)[C@H](N)C(C)C)c(F)c1. The van der Waals surface area contributed by atoms with Gasteiger partial charge in [-0.15, -0.1) is 0 Å². The molecule has 0 aliphatic heterocycles. The van der Waals surface area contributed by atoms with E-state index >= 15 is 0 Å². The van der Waals surface area contributed by atoms with Crippen LogP contribution in [-0.4, -0.2) is 11.9 Å². The summed E-state index contributed by atoms with van der Waals surface area (Å²) >= 11 is 0. The summed E-state index contributed by atoms with van der Waals surface area (Å²) in [6.07, 6.45) is 0. The number of benzene rings is 1. The quantitative estimate of drug-likeness (QED) is 0.825. The highest BCUT2D eigenvalue weighted by Crippen LogP contribution is 2.15. The van der Waals surface area contributed by atoms with Gasteiger partial charge in [-0.25, -0.2) is 4.39 Å². The fraction of sp³-hybridized carbons (Fsp3) is 0.417. The first-order chi connectivity index (χ1) is 7.41. The van der Waals surface area contributed by atoms with Crippen molar-refractivity contribution in [1.82, 2.24) is 0 Å². The predicted octanol–water partition coefficient (Wildman–Crippen LogP) is 2.06. The zero-order valence-electron chi connectivity index (χ0n) is 9.75. The summed E-state index contributed by atoms with van der Waals surface area (Å²) in [5.41, 5.74) is 6.64. The van der Waals surface area contributed by atoms with E-state index in [0.717, 1.165) is 5.56 Å². The summed E-state index contributed by atoms with van der Waals surface area (Å²) in [4.78, 5) is 11.6. The average molecular weight is 224 g/mol. The van der Waals surface area contributed by atoms with Gasteiger partial charge < -0.3 is 11.1 Å². The summed E-state index contributed by atoms with van der Waals surface area (Å²) in [5, 5.41) is 2.48. The van der Waals surface area contributed by atoms with Gasteiger partial charge >= 0.3 is 0 Å². The van der Waals surface area contributed by atoms with E-state index in [0.29, 0.717) is 0 Å². The summed E-state index contributed by atoms with van der Waals surface area (Å²) < 4.78 is 13.4. The van der Waals surface area contributed by atoms with Crippen LogP contribution < -0.4 is 11.1 Å². The van der Waals surface area contributed by atoms with Gasteiger partial charge in [-0.1, -0.05) is 19.9 Å². The van der Waals surface area contributed by atoms with Crippen molar-refractivity contribution in [3.63, 3.8) is 0 Å². The predicted molar refractivity (Wildman–Crippen MR) is 62.6 cm³/mol. The number of amides is 1. The first kappa shape index (κ1) is 12.6. The van der Waals surface area contributed by atoms with Crippen molar-refractivity contribution < 1.29 is 9.18 Å². The lowest BCUT2D eigenvalue weighted by Crippen LogP contribution is -2.39. The molecule has 0 unspecified atom stereocenters. The lowest BCUT2D eigenvalue weighted by molar-refractivity contribution is -0.118. The third-order valence-electron chi connectivity index (χ3n) is 2.40. The third-order valence-corrected chi connectivity index (χ3v) is 2.40. The van der Waals surface area contributed by atoms with Gasteiger partial charge in [0.15, 0.2) is 0 Å². The molecule has 88 valence electrons. The van der Waals surface area contributed by atoms with E-state index in [-0.39, 0.29) is 17.5 Å². The van der Waals surface area contributed by atoms with Gasteiger partial charge in [-0.2, -0.15) is 0 Å². The van der Waals surface area contributed by atoms with E-state index in [1.807, 2.05) is 13.8 Å². The van der Waals surface area contributed by atoms with Crippen LogP contribution in [0.5, 0.6) is 0 Å². The van der Waals surface area contributed by atoms with E-state index in [9.17, 15) is 9.18 Å². The topological polar surface area (TPSA) is 55.1 Å².